The first kappa shape index (κ1) is 12.2. The van der Waals surface area contributed by atoms with E-state index in [-0.39, 0.29) is 17.9 Å². The van der Waals surface area contributed by atoms with E-state index < -0.39 is 11.8 Å². The summed E-state index contributed by atoms with van der Waals surface area (Å²) in [5.41, 5.74) is 1.25. The van der Waals surface area contributed by atoms with Crippen molar-refractivity contribution in [2.24, 2.45) is 0 Å². The highest BCUT2D eigenvalue weighted by Gasteiger charge is 2.21. The van der Waals surface area contributed by atoms with Crippen LogP contribution in [0.2, 0.25) is 0 Å². The minimum atomic E-state index is -0.895. The Morgan fingerprint density at radius 2 is 1.94 bits per heavy atom. The average molecular weight is 222 g/mol. The molecule has 0 fully saturated rings. The number of ketones is 1. The molecule has 16 heavy (non-hydrogen) atoms. The molecular weight excluding hydrogens is 208 g/mol. The Labute approximate surface area is 93.9 Å². The molecule has 0 aliphatic rings. The summed E-state index contributed by atoms with van der Waals surface area (Å²) in [4.78, 5) is 22.9. The maximum absolute atomic E-state index is 11.6. The zero-order chi connectivity index (χ0) is 12.3. The number of aryl methyl sites for hydroxylation is 1. The predicted molar refractivity (Wildman–Crippen MR) is 58.5 cm³/mol. The number of carbonyl (C=O) groups excluding carboxylic acids is 2. The minimum Gasteiger partial charge on any atom is -0.507 e. The summed E-state index contributed by atoms with van der Waals surface area (Å²) in [6, 6.07) is 3.11. The second kappa shape index (κ2) is 4.79. The van der Waals surface area contributed by atoms with Gasteiger partial charge in [0.25, 0.3) is 5.78 Å². The highest BCUT2D eigenvalue weighted by Crippen LogP contribution is 2.24. The van der Waals surface area contributed by atoms with Gasteiger partial charge in [0.15, 0.2) is 0 Å². The van der Waals surface area contributed by atoms with Crippen LogP contribution < -0.4 is 0 Å². The van der Waals surface area contributed by atoms with Crippen LogP contribution in [0.1, 0.15) is 28.4 Å². The predicted octanol–water partition coefficient (Wildman–Crippen LogP) is 1.75. The van der Waals surface area contributed by atoms with Gasteiger partial charge in [0.2, 0.25) is 0 Å². The zero-order valence-corrected chi connectivity index (χ0v) is 9.53. The third kappa shape index (κ3) is 2.21. The molecule has 1 N–H and O–H groups in total. The maximum atomic E-state index is 11.6. The van der Waals surface area contributed by atoms with E-state index in [2.05, 4.69) is 4.74 Å². The van der Waals surface area contributed by atoms with Crippen LogP contribution in [0.5, 0.6) is 5.75 Å². The Morgan fingerprint density at radius 1 is 1.31 bits per heavy atom. The maximum Gasteiger partial charge on any atom is 0.379 e. The van der Waals surface area contributed by atoms with Gasteiger partial charge in [-0.2, -0.15) is 0 Å². The molecule has 86 valence electrons. The molecule has 4 nitrogen and oxygen atoms in total. The molecule has 0 unspecified atom stereocenters. The van der Waals surface area contributed by atoms with E-state index in [0.29, 0.717) is 11.1 Å². The zero-order valence-electron chi connectivity index (χ0n) is 9.53. The summed E-state index contributed by atoms with van der Waals surface area (Å²) in [5.74, 6) is -1.58. The van der Waals surface area contributed by atoms with Crippen LogP contribution in [0, 0.1) is 13.8 Å². The quantitative estimate of drug-likeness (QED) is 0.481. The Kier molecular flexibility index (Phi) is 3.66. The lowest BCUT2D eigenvalue weighted by Gasteiger charge is -2.08. The van der Waals surface area contributed by atoms with Gasteiger partial charge >= 0.3 is 5.97 Å². The van der Waals surface area contributed by atoms with Crippen molar-refractivity contribution in [2.45, 2.75) is 20.8 Å². The van der Waals surface area contributed by atoms with Crippen molar-refractivity contribution in [1.82, 2.24) is 0 Å². The van der Waals surface area contributed by atoms with Crippen molar-refractivity contribution in [3.8, 4) is 5.75 Å². The lowest BCUT2D eigenvalue weighted by molar-refractivity contribution is -0.137. The largest absolute Gasteiger partial charge is 0.507 e. The fourth-order valence-electron chi connectivity index (χ4n) is 1.39. The summed E-state index contributed by atoms with van der Waals surface area (Å²) in [5, 5.41) is 9.64. The van der Waals surface area contributed by atoms with E-state index in [1.54, 1.807) is 26.8 Å². The van der Waals surface area contributed by atoms with Crippen LogP contribution in [0.4, 0.5) is 0 Å². The number of carbonyl (C=O) groups is 2. The number of phenolic OH excluding ortho intramolecular Hbond substituents is 1. The first-order chi connectivity index (χ1) is 7.49. The molecule has 4 heteroatoms. The number of esters is 1. The molecule has 0 bridgehead atoms. The molecule has 0 aromatic heterocycles. The topological polar surface area (TPSA) is 63.6 Å². The molecule has 0 saturated carbocycles. The number of hydrogen-bond donors (Lipinski definition) is 1. The highest BCUT2D eigenvalue weighted by molar-refractivity contribution is 6.41. The monoisotopic (exact) mass is 222 g/mol. The molecular formula is C12H14O4. The molecule has 0 radical (unpaired) electrons. The fraction of sp³-hybridized carbons (Fsp3) is 0.333. The van der Waals surface area contributed by atoms with Gasteiger partial charge in [-0.05, 0) is 32.4 Å². The lowest BCUT2D eigenvalue weighted by Crippen LogP contribution is -2.18. The number of aromatic hydroxyl groups is 1. The standard InChI is InChI=1S/C12H14O4/c1-4-16-12(15)11(14)9-6-5-7(2)10(13)8(9)3/h5-6,13H,4H2,1-3H3. The Hall–Kier alpha value is -1.84. The average Bonchev–Trinajstić information content (AvgIpc) is 2.26. The number of hydrogen-bond acceptors (Lipinski definition) is 4. The molecule has 0 heterocycles. The molecule has 0 spiro atoms. The highest BCUT2D eigenvalue weighted by atomic mass is 16.5. The van der Waals surface area contributed by atoms with E-state index in [4.69, 9.17) is 0 Å². The fourth-order valence-corrected chi connectivity index (χ4v) is 1.39. The normalized spacial score (nSPS) is 9.94. The Bertz CT molecular complexity index is 435. The van der Waals surface area contributed by atoms with Crippen molar-refractivity contribution in [3.63, 3.8) is 0 Å². The summed E-state index contributed by atoms with van der Waals surface area (Å²) in [6.45, 7) is 5.10. The van der Waals surface area contributed by atoms with Crippen LogP contribution in [0.15, 0.2) is 12.1 Å². The van der Waals surface area contributed by atoms with Crippen molar-refractivity contribution < 1.29 is 19.4 Å². The second-order valence-corrected chi connectivity index (χ2v) is 3.45. The molecule has 0 amide bonds. The summed E-state index contributed by atoms with van der Waals surface area (Å²) in [6.07, 6.45) is 0. The van der Waals surface area contributed by atoms with Crippen molar-refractivity contribution >= 4 is 11.8 Å². The van der Waals surface area contributed by atoms with Crippen LogP contribution >= 0.6 is 0 Å². The Balaban J connectivity index is 3.10. The molecule has 1 rings (SSSR count). The van der Waals surface area contributed by atoms with E-state index in [9.17, 15) is 14.7 Å². The third-order valence-electron chi connectivity index (χ3n) is 2.34. The van der Waals surface area contributed by atoms with Gasteiger partial charge in [-0.25, -0.2) is 4.79 Å². The number of rotatable bonds is 3. The third-order valence-corrected chi connectivity index (χ3v) is 2.34. The SMILES string of the molecule is CCOC(=O)C(=O)c1ccc(C)c(O)c1C. The van der Waals surface area contributed by atoms with Gasteiger partial charge in [-0.15, -0.1) is 0 Å². The second-order valence-electron chi connectivity index (χ2n) is 3.45. The van der Waals surface area contributed by atoms with E-state index in [0.717, 1.165) is 0 Å². The van der Waals surface area contributed by atoms with Gasteiger partial charge in [0.05, 0.1) is 6.61 Å². The molecule has 1 aromatic rings. The summed E-state index contributed by atoms with van der Waals surface area (Å²) in [7, 11) is 0. The summed E-state index contributed by atoms with van der Waals surface area (Å²) >= 11 is 0. The number of benzene rings is 1. The lowest BCUT2D eigenvalue weighted by atomic mass is 10.0. The molecule has 0 atom stereocenters. The summed E-state index contributed by atoms with van der Waals surface area (Å²) < 4.78 is 4.61. The first-order valence-corrected chi connectivity index (χ1v) is 4.99. The molecule has 0 saturated heterocycles. The first-order valence-electron chi connectivity index (χ1n) is 4.99. The smallest absolute Gasteiger partial charge is 0.379 e. The molecule has 0 aliphatic heterocycles. The van der Waals surface area contributed by atoms with Gasteiger partial charge < -0.3 is 9.84 Å². The van der Waals surface area contributed by atoms with E-state index in [1.165, 1.54) is 6.07 Å². The molecule has 1 aromatic carbocycles. The van der Waals surface area contributed by atoms with Gasteiger partial charge in [0, 0.05) is 11.1 Å². The van der Waals surface area contributed by atoms with Crippen LogP contribution in [0.25, 0.3) is 0 Å². The number of phenols is 1. The van der Waals surface area contributed by atoms with Crippen molar-refractivity contribution in [1.29, 1.82) is 0 Å². The van der Waals surface area contributed by atoms with Crippen molar-refractivity contribution in [2.75, 3.05) is 6.61 Å². The van der Waals surface area contributed by atoms with Crippen LogP contribution in [-0.2, 0) is 9.53 Å². The number of ether oxygens (including phenoxy) is 1. The number of Topliss-reactive ketones (excluding diaryl/α,β-unsaturated/α-hetero) is 1. The van der Waals surface area contributed by atoms with Crippen LogP contribution in [-0.4, -0.2) is 23.5 Å². The van der Waals surface area contributed by atoms with E-state index >= 15 is 0 Å². The van der Waals surface area contributed by atoms with Gasteiger partial charge in [0.1, 0.15) is 5.75 Å². The van der Waals surface area contributed by atoms with Gasteiger partial charge in [-0.3, -0.25) is 4.79 Å². The van der Waals surface area contributed by atoms with Crippen molar-refractivity contribution in [3.05, 3.63) is 28.8 Å². The Morgan fingerprint density at radius 3 is 2.50 bits per heavy atom. The van der Waals surface area contributed by atoms with Crippen LogP contribution in [0.3, 0.4) is 0 Å². The van der Waals surface area contributed by atoms with Gasteiger partial charge in [-0.1, -0.05) is 6.07 Å². The molecule has 0 aliphatic carbocycles. The minimum absolute atomic E-state index is 0.0372. The van der Waals surface area contributed by atoms with E-state index in [1.807, 2.05) is 0 Å².